The van der Waals surface area contributed by atoms with Crippen LogP contribution in [0.15, 0.2) is 28.7 Å². The minimum atomic E-state index is -4.61. The molecule has 0 fully saturated rings. The van der Waals surface area contributed by atoms with Crippen molar-refractivity contribution in [1.29, 1.82) is 0 Å². The Labute approximate surface area is 195 Å². The highest BCUT2D eigenvalue weighted by molar-refractivity contribution is 5.98. The smallest absolute Gasteiger partial charge is 0.433 e. The predicted molar refractivity (Wildman–Crippen MR) is 121 cm³/mol. The fourth-order valence-electron chi connectivity index (χ4n) is 3.59. The Balaban J connectivity index is 2.01. The molecule has 0 aliphatic rings. The number of nitrogens with two attached hydrogens (primary N) is 1. The van der Waals surface area contributed by atoms with Gasteiger partial charge in [-0.2, -0.15) is 13.2 Å². The molecular formula is C23H28F3N5O3. The number of aromatic nitrogens is 2. The first-order valence-corrected chi connectivity index (χ1v) is 10.9. The number of likely N-dealkylation sites (N-methyl/N-ethyl adjacent to an activating group) is 2. The Morgan fingerprint density at radius 1 is 1.12 bits per heavy atom. The molecule has 0 saturated heterocycles. The Morgan fingerprint density at radius 3 is 2.41 bits per heavy atom. The molecule has 1 amide bonds. The van der Waals surface area contributed by atoms with E-state index in [1.807, 2.05) is 13.8 Å². The fraction of sp³-hybridized carbons (Fsp3) is 0.435. The predicted octanol–water partition coefficient (Wildman–Crippen LogP) is 3.79. The molecule has 34 heavy (non-hydrogen) atoms. The Bertz CT molecular complexity index is 1160. The van der Waals surface area contributed by atoms with Crippen LogP contribution in [0.1, 0.15) is 35.8 Å². The van der Waals surface area contributed by atoms with Crippen LogP contribution < -0.4 is 10.5 Å². The van der Waals surface area contributed by atoms with Gasteiger partial charge < -0.3 is 24.7 Å². The van der Waals surface area contributed by atoms with Gasteiger partial charge in [0.2, 0.25) is 5.89 Å². The number of fused-ring (bicyclic) bond motifs is 1. The first kappa shape index (κ1) is 25.4. The van der Waals surface area contributed by atoms with E-state index >= 15 is 0 Å². The average molecular weight is 480 g/mol. The number of halogens is 3. The number of amides is 1. The second-order valence-electron chi connectivity index (χ2n) is 7.65. The van der Waals surface area contributed by atoms with Crippen molar-refractivity contribution in [1.82, 2.24) is 19.8 Å². The molecule has 0 radical (unpaired) electrons. The van der Waals surface area contributed by atoms with E-state index in [1.165, 1.54) is 19.2 Å². The lowest BCUT2D eigenvalue weighted by atomic mass is 10.1. The monoisotopic (exact) mass is 479 g/mol. The Kier molecular flexibility index (Phi) is 7.78. The summed E-state index contributed by atoms with van der Waals surface area (Å²) >= 11 is 0. The molecule has 0 saturated carbocycles. The van der Waals surface area contributed by atoms with Crippen molar-refractivity contribution in [2.45, 2.75) is 26.6 Å². The van der Waals surface area contributed by atoms with Crippen LogP contribution in [-0.4, -0.2) is 66.0 Å². The molecular weight excluding hydrogens is 451 g/mol. The van der Waals surface area contributed by atoms with Gasteiger partial charge in [-0.3, -0.25) is 4.79 Å². The van der Waals surface area contributed by atoms with Crippen LogP contribution in [0.25, 0.3) is 22.4 Å². The quantitative estimate of drug-likeness (QED) is 0.499. The zero-order valence-electron chi connectivity index (χ0n) is 19.6. The lowest BCUT2D eigenvalue weighted by Crippen LogP contribution is -2.36. The molecule has 0 spiro atoms. The maximum absolute atomic E-state index is 13.2. The summed E-state index contributed by atoms with van der Waals surface area (Å²) in [5.41, 5.74) is 5.21. The van der Waals surface area contributed by atoms with Gasteiger partial charge in [0.25, 0.3) is 5.91 Å². The zero-order chi connectivity index (χ0) is 25.0. The molecule has 0 unspecified atom stereocenters. The SMILES string of the molecule is CCN(CC)CCN(C)C(=O)c1nc(-c2ccc(OC)c3nc(C(F)(F)F)ccc23)oc1CN. The number of benzene rings is 1. The number of pyridine rings is 1. The number of rotatable bonds is 9. The topological polar surface area (TPSA) is 97.7 Å². The van der Waals surface area contributed by atoms with Gasteiger partial charge in [-0.1, -0.05) is 13.8 Å². The van der Waals surface area contributed by atoms with Crippen LogP contribution in [-0.2, 0) is 12.7 Å². The van der Waals surface area contributed by atoms with Gasteiger partial charge in [-0.15, -0.1) is 0 Å². The molecule has 2 aromatic heterocycles. The number of oxazole rings is 1. The molecule has 0 atom stereocenters. The second kappa shape index (κ2) is 10.4. The number of carbonyl (C=O) groups excluding carboxylic acids is 1. The van der Waals surface area contributed by atoms with Gasteiger partial charge in [0.15, 0.2) is 11.5 Å². The summed E-state index contributed by atoms with van der Waals surface area (Å²) in [6.07, 6.45) is -4.61. The van der Waals surface area contributed by atoms with Crippen molar-refractivity contribution in [2.75, 3.05) is 40.3 Å². The Hall–Kier alpha value is -3.18. The van der Waals surface area contributed by atoms with Crippen molar-refractivity contribution in [2.24, 2.45) is 5.73 Å². The number of nitrogens with zero attached hydrogens (tertiary/aromatic N) is 4. The summed E-state index contributed by atoms with van der Waals surface area (Å²) in [5.74, 6) is 0.0782. The summed E-state index contributed by atoms with van der Waals surface area (Å²) in [7, 11) is 3.02. The molecule has 0 aliphatic carbocycles. The number of methoxy groups -OCH3 is 1. The van der Waals surface area contributed by atoms with E-state index in [0.29, 0.717) is 24.0 Å². The Morgan fingerprint density at radius 2 is 1.82 bits per heavy atom. The summed E-state index contributed by atoms with van der Waals surface area (Å²) < 4.78 is 50.6. The molecule has 11 heteroatoms. The van der Waals surface area contributed by atoms with Crippen LogP contribution in [0.4, 0.5) is 13.2 Å². The summed E-state index contributed by atoms with van der Waals surface area (Å²) in [6.45, 7) is 6.96. The molecule has 8 nitrogen and oxygen atoms in total. The van der Waals surface area contributed by atoms with Gasteiger partial charge in [0.05, 0.1) is 13.7 Å². The van der Waals surface area contributed by atoms with Crippen LogP contribution in [0, 0.1) is 0 Å². The van der Waals surface area contributed by atoms with Crippen molar-refractivity contribution < 1.29 is 27.1 Å². The summed E-state index contributed by atoms with van der Waals surface area (Å²) in [4.78, 5) is 24.9. The number of hydrogen-bond donors (Lipinski definition) is 1. The number of carbonyl (C=O) groups is 1. The highest BCUT2D eigenvalue weighted by Crippen LogP contribution is 2.37. The third-order valence-corrected chi connectivity index (χ3v) is 5.64. The van der Waals surface area contributed by atoms with Crippen molar-refractivity contribution in [3.63, 3.8) is 0 Å². The molecule has 2 N–H and O–H groups in total. The molecule has 0 aliphatic heterocycles. The number of hydrogen-bond acceptors (Lipinski definition) is 7. The van der Waals surface area contributed by atoms with Gasteiger partial charge in [0, 0.05) is 31.1 Å². The first-order chi connectivity index (χ1) is 16.1. The molecule has 184 valence electrons. The number of ether oxygens (including phenoxy) is 1. The van der Waals surface area contributed by atoms with Crippen molar-refractivity contribution in [3.8, 4) is 17.2 Å². The highest BCUT2D eigenvalue weighted by atomic mass is 19.4. The van der Waals surface area contributed by atoms with Crippen LogP contribution >= 0.6 is 0 Å². The van der Waals surface area contributed by atoms with Gasteiger partial charge >= 0.3 is 6.18 Å². The lowest BCUT2D eigenvalue weighted by Gasteiger charge is -2.22. The van der Waals surface area contributed by atoms with Crippen LogP contribution in [0.3, 0.4) is 0 Å². The van der Waals surface area contributed by atoms with Gasteiger partial charge in [0.1, 0.15) is 17.0 Å². The van der Waals surface area contributed by atoms with E-state index in [1.54, 1.807) is 18.0 Å². The molecule has 2 heterocycles. The normalized spacial score (nSPS) is 11.9. The minimum Gasteiger partial charge on any atom is -0.494 e. The lowest BCUT2D eigenvalue weighted by molar-refractivity contribution is -0.140. The fourth-order valence-corrected chi connectivity index (χ4v) is 3.59. The highest BCUT2D eigenvalue weighted by Gasteiger charge is 2.33. The van der Waals surface area contributed by atoms with E-state index in [-0.39, 0.29) is 41.1 Å². The van der Waals surface area contributed by atoms with Crippen LogP contribution in [0.5, 0.6) is 5.75 Å². The molecule has 0 bridgehead atoms. The standard InChI is InChI=1S/C23H28F3N5O3/c1-5-31(6-2)12-11-30(3)22(32)20-17(13-27)34-21(29-20)15-7-9-16(33-4)19-14(15)8-10-18(28-19)23(24,25)26/h7-10H,5-6,11-13,27H2,1-4H3. The molecule has 3 rings (SSSR count). The van der Waals surface area contributed by atoms with E-state index in [4.69, 9.17) is 14.9 Å². The third kappa shape index (κ3) is 5.15. The zero-order valence-corrected chi connectivity index (χ0v) is 19.6. The van der Waals surface area contributed by atoms with Crippen molar-refractivity contribution in [3.05, 3.63) is 41.4 Å². The first-order valence-electron chi connectivity index (χ1n) is 10.9. The largest absolute Gasteiger partial charge is 0.494 e. The molecule has 1 aromatic carbocycles. The molecule has 3 aromatic rings. The maximum Gasteiger partial charge on any atom is 0.433 e. The van der Waals surface area contributed by atoms with E-state index in [9.17, 15) is 18.0 Å². The maximum atomic E-state index is 13.2. The summed E-state index contributed by atoms with van der Waals surface area (Å²) in [5, 5.41) is 0.339. The van der Waals surface area contributed by atoms with Crippen molar-refractivity contribution >= 4 is 16.8 Å². The summed E-state index contributed by atoms with van der Waals surface area (Å²) in [6, 6.07) is 5.24. The number of alkyl halides is 3. The minimum absolute atomic E-state index is 0.00606. The van der Waals surface area contributed by atoms with Gasteiger partial charge in [-0.25, -0.2) is 9.97 Å². The van der Waals surface area contributed by atoms with Crippen LogP contribution in [0.2, 0.25) is 0 Å². The van der Waals surface area contributed by atoms with E-state index < -0.39 is 11.9 Å². The van der Waals surface area contributed by atoms with E-state index in [0.717, 1.165) is 19.2 Å². The van der Waals surface area contributed by atoms with Gasteiger partial charge in [-0.05, 0) is 37.4 Å². The van der Waals surface area contributed by atoms with E-state index in [2.05, 4.69) is 14.9 Å². The average Bonchev–Trinajstić information content (AvgIpc) is 3.26. The third-order valence-electron chi connectivity index (χ3n) is 5.64. The second-order valence-corrected chi connectivity index (χ2v) is 7.65.